The Bertz CT molecular complexity index is 551. The van der Waals surface area contributed by atoms with E-state index in [1.165, 1.54) is 24.6 Å². The number of carbonyl (C=O) groups is 2. The van der Waals surface area contributed by atoms with E-state index >= 15 is 0 Å². The summed E-state index contributed by atoms with van der Waals surface area (Å²) in [6, 6.07) is 3.59. The molecule has 2 amide bonds. The Labute approximate surface area is 123 Å². The Kier molecular flexibility index (Phi) is 4.35. The van der Waals surface area contributed by atoms with Crippen molar-refractivity contribution < 1.29 is 19.8 Å². The zero-order valence-electron chi connectivity index (χ0n) is 12.0. The van der Waals surface area contributed by atoms with Crippen molar-refractivity contribution in [2.75, 3.05) is 5.32 Å². The maximum atomic E-state index is 12.0. The summed E-state index contributed by atoms with van der Waals surface area (Å²) in [5, 5.41) is 23.9. The number of rotatable bonds is 3. The fourth-order valence-corrected chi connectivity index (χ4v) is 2.68. The molecule has 1 fully saturated rings. The van der Waals surface area contributed by atoms with Gasteiger partial charge >= 0.3 is 12.0 Å². The van der Waals surface area contributed by atoms with E-state index in [9.17, 15) is 14.7 Å². The number of carbonyl (C=O) groups excluding carboxylic acids is 1. The summed E-state index contributed by atoms with van der Waals surface area (Å²) in [6.07, 6.45) is 5.27. The van der Waals surface area contributed by atoms with Crippen molar-refractivity contribution in [3.63, 3.8) is 0 Å². The third kappa shape index (κ3) is 3.87. The van der Waals surface area contributed by atoms with Gasteiger partial charge in [0.2, 0.25) is 0 Å². The Balaban J connectivity index is 2.02. The molecule has 0 spiro atoms. The third-order valence-electron chi connectivity index (χ3n) is 3.86. The number of nitrogens with one attached hydrogen (secondary N) is 2. The Morgan fingerprint density at radius 2 is 1.86 bits per heavy atom. The van der Waals surface area contributed by atoms with Gasteiger partial charge in [0.1, 0.15) is 11.3 Å². The molecule has 21 heavy (non-hydrogen) atoms. The van der Waals surface area contributed by atoms with Crippen LogP contribution in [0.1, 0.15) is 49.4 Å². The van der Waals surface area contributed by atoms with Crippen LogP contribution in [0.2, 0.25) is 0 Å². The third-order valence-corrected chi connectivity index (χ3v) is 3.86. The van der Waals surface area contributed by atoms with Crippen LogP contribution in [0.5, 0.6) is 5.75 Å². The zero-order chi connectivity index (χ0) is 15.5. The first kappa shape index (κ1) is 15.2. The molecule has 0 bridgehead atoms. The summed E-state index contributed by atoms with van der Waals surface area (Å²) in [6.45, 7) is 2.02. The molecule has 1 aromatic rings. The largest absolute Gasteiger partial charge is 0.507 e. The minimum absolute atomic E-state index is 0.213. The molecule has 0 atom stereocenters. The molecule has 1 aliphatic carbocycles. The summed E-state index contributed by atoms with van der Waals surface area (Å²) < 4.78 is 0. The number of hydrogen-bond donors (Lipinski definition) is 4. The maximum absolute atomic E-state index is 12.0. The standard InChI is InChI=1S/C15H20N2O4/c1-15(7-3-2-4-8-15)17-14(21)16-10-5-6-12(18)11(9-10)13(19)20/h5-6,9,18H,2-4,7-8H2,1H3,(H,19,20)(H2,16,17,21). The van der Waals surface area contributed by atoms with Crippen LogP contribution in [0.25, 0.3) is 0 Å². The highest BCUT2D eigenvalue weighted by Gasteiger charge is 2.28. The molecule has 0 heterocycles. The van der Waals surface area contributed by atoms with Crippen LogP contribution in [-0.2, 0) is 0 Å². The quantitative estimate of drug-likeness (QED) is 0.644. The molecule has 114 valence electrons. The molecule has 2 rings (SSSR count). The van der Waals surface area contributed by atoms with E-state index in [1.54, 1.807) is 0 Å². The zero-order valence-corrected chi connectivity index (χ0v) is 12.0. The number of phenols is 1. The highest BCUT2D eigenvalue weighted by Crippen LogP contribution is 2.28. The van der Waals surface area contributed by atoms with E-state index in [1.807, 2.05) is 6.92 Å². The first-order valence-corrected chi connectivity index (χ1v) is 7.05. The van der Waals surface area contributed by atoms with Crippen molar-refractivity contribution >= 4 is 17.7 Å². The molecule has 1 aromatic carbocycles. The summed E-state index contributed by atoms with van der Waals surface area (Å²) in [5.74, 6) is -1.57. The van der Waals surface area contributed by atoms with Gasteiger partial charge in [0.05, 0.1) is 0 Å². The van der Waals surface area contributed by atoms with Gasteiger partial charge in [0.15, 0.2) is 0 Å². The first-order chi connectivity index (χ1) is 9.89. The fraction of sp³-hybridized carbons (Fsp3) is 0.467. The minimum Gasteiger partial charge on any atom is -0.507 e. The van der Waals surface area contributed by atoms with Crippen LogP contribution in [0, 0.1) is 0 Å². The lowest BCUT2D eigenvalue weighted by atomic mass is 9.83. The van der Waals surface area contributed by atoms with E-state index in [0.717, 1.165) is 25.7 Å². The van der Waals surface area contributed by atoms with Gasteiger partial charge in [-0.15, -0.1) is 0 Å². The fourth-order valence-electron chi connectivity index (χ4n) is 2.68. The number of anilines is 1. The Hall–Kier alpha value is -2.24. The molecule has 1 saturated carbocycles. The van der Waals surface area contributed by atoms with Crippen molar-refractivity contribution in [1.82, 2.24) is 5.32 Å². The summed E-state index contributed by atoms with van der Waals surface area (Å²) in [5.41, 5.74) is -0.117. The molecule has 0 radical (unpaired) electrons. The molecular weight excluding hydrogens is 272 g/mol. The first-order valence-electron chi connectivity index (χ1n) is 7.05. The number of amides is 2. The molecule has 6 nitrogen and oxygen atoms in total. The number of aromatic carboxylic acids is 1. The molecule has 0 aliphatic heterocycles. The van der Waals surface area contributed by atoms with Crippen LogP contribution >= 0.6 is 0 Å². The molecule has 4 N–H and O–H groups in total. The van der Waals surface area contributed by atoms with Gasteiger partial charge in [0.25, 0.3) is 0 Å². The van der Waals surface area contributed by atoms with Crippen LogP contribution in [-0.4, -0.2) is 27.8 Å². The molecule has 0 unspecified atom stereocenters. The molecule has 0 aromatic heterocycles. The lowest BCUT2D eigenvalue weighted by Gasteiger charge is -2.34. The predicted molar refractivity (Wildman–Crippen MR) is 78.7 cm³/mol. The van der Waals surface area contributed by atoms with Crippen molar-refractivity contribution in [2.45, 2.75) is 44.6 Å². The second-order valence-electron chi connectivity index (χ2n) is 5.74. The predicted octanol–water partition coefficient (Wildman–Crippen LogP) is 2.93. The molecular formula is C15H20N2O4. The van der Waals surface area contributed by atoms with Crippen molar-refractivity contribution in [3.05, 3.63) is 23.8 Å². The van der Waals surface area contributed by atoms with Crippen molar-refractivity contribution in [3.8, 4) is 5.75 Å². The van der Waals surface area contributed by atoms with E-state index in [2.05, 4.69) is 10.6 Å². The highest BCUT2D eigenvalue weighted by atomic mass is 16.4. The van der Waals surface area contributed by atoms with Gasteiger partial charge in [-0.25, -0.2) is 9.59 Å². The Morgan fingerprint density at radius 3 is 2.48 bits per heavy atom. The van der Waals surface area contributed by atoms with Crippen LogP contribution in [0.3, 0.4) is 0 Å². The summed E-state index contributed by atoms with van der Waals surface area (Å²) in [4.78, 5) is 23.0. The van der Waals surface area contributed by atoms with Gasteiger partial charge in [-0.05, 0) is 38.0 Å². The van der Waals surface area contributed by atoms with E-state index in [-0.39, 0.29) is 22.9 Å². The molecule has 1 aliphatic rings. The number of aromatic hydroxyl groups is 1. The topological polar surface area (TPSA) is 98.7 Å². The van der Waals surface area contributed by atoms with Gasteiger partial charge < -0.3 is 20.8 Å². The van der Waals surface area contributed by atoms with E-state index < -0.39 is 5.97 Å². The molecule has 0 saturated heterocycles. The van der Waals surface area contributed by atoms with E-state index in [0.29, 0.717) is 5.69 Å². The second kappa shape index (κ2) is 6.03. The number of carboxylic acid groups (broad SMARTS) is 1. The van der Waals surface area contributed by atoms with Crippen LogP contribution < -0.4 is 10.6 Å². The lowest BCUT2D eigenvalue weighted by molar-refractivity contribution is 0.0693. The Morgan fingerprint density at radius 1 is 1.19 bits per heavy atom. The van der Waals surface area contributed by atoms with Gasteiger partial charge in [-0.1, -0.05) is 19.3 Å². The van der Waals surface area contributed by atoms with Gasteiger partial charge in [-0.3, -0.25) is 0 Å². The smallest absolute Gasteiger partial charge is 0.339 e. The number of hydrogen-bond acceptors (Lipinski definition) is 3. The SMILES string of the molecule is CC1(NC(=O)Nc2ccc(O)c(C(=O)O)c2)CCCCC1. The van der Waals surface area contributed by atoms with Gasteiger partial charge in [0, 0.05) is 11.2 Å². The van der Waals surface area contributed by atoms with E-state index in [4.69, 9.17) is 5.11 Å². The summed E-state index contributed by atoms with van der Waals surface area (Å²) >= 11 is 0. The normalized spacial score (nSPS) is 17.0. The second-order valence-corrected chi connectivity index (χ2v) is 5.74. The highest BCUT2D eigenvalue weighted by molar-refractivity contribution is 5.95. The number of carboxylic acids is 1. The van der Waals surface area contributed by atoms with Crippen LogP contribution in [0.15, 0.2) is 18.2 Å². The monoisotopic (exact) mass is 292 g/mol. The van der Waals surface area contributed by atoms with Crippen LogP contribution in [0.4, 0.5) is 10.5 Å². The molecule has 6 heteroatoms. The minimum atomic E-state index is -1.24. The summed E-state index contributed by atoms with van der Waals surface area (Å²) in [7, 11) is 0. The maximum Gasteiger partial charge on any atom is 0.339 e. The van der Waals surface area contributed by atoms with Gasteiger partial charge in [-0.2, -0.15) is 0 Å². The number of benzene rings is 1. The lowest BCUT2D eigenvalue weighted by Crippen LogP contribution is -2.48. The van der Waals surface area contributed by atoms with Crippen molar-refractivity contribution in [1.29, 1.82) is 0 Å². The average molecular weight is 292 g/mol. The van der Waals surface area contributed by atoms with Crippen molar-refractivity contribution in [2.24, 2.45) is 0 Å². The average Bonchev–Trinajstić information content (AvgIpc) is 2.40. The number of urea groups is 1.